The van der Waals surface area contributed by atoms with E-state index in [2.05, 4.69) is 26.1 Å². The molecule has 2 aromatic carbocycles. The zero-order chi connectivity index (χ0) is 23.2. The Morgan fingerprint density at radius 1 is 1.03 bits per heavy atom. The van der Waals surface area contributed by atoms with Crippen LogP contribution in [0, 0.1) is 5.82 Å². The second-order valence-corrected chi connectivity index (χ2v) is 9.02. The Morgan fingerprint density at radius 2 is 1.65 bits per heavy atom. The summed E-state index contributed by atoms with van der Waals surface area (Å²) in [6.45, 7) is 11.6. The summed E-state index contributed by atoms with van der Waals surface area (Å²) in [6, 6.07) is 12.8. The maximum Gasteiger partial charge on any atom is 0.261 e. The van der Waals surface area contributed by atoms with Crippen molar-refractivity contribution in [2.75, 3.05) is 6.61 Å². The standard InChI is InChI=1S/C25H33FN2O3/c1-17(2)27-24(30)18(3)28(15-19-11-13-20(26)14-12-19)23(29)16-31-22-10-8-7-9-21(22)25(4,5)6/h7-14,17-18H,15-16H2,1-6H3,(H,27,30)/t18-/m0/s1. The smallest absolute Gasteiger partial charge is 0.261 e. The monoisotopic (exact) mass is 428 g/mol. The maximum atomic E-state index is 13.3. The van der Waals surface area contributed by atoms with Crippen LogP contribution < -0.4 is 10.1 Å². The largest absolute Gasteiger partial charge is 0.483 e. The average molecular weight is 429 g/mol. The summed E-state index contributed by atoms with van der Waals surface area (Å²) >= 11 is 0. The zero-order valence-corrected chi connectivity index (χ0v) is 19.2. The predicted molar refractivity (Wildman–Crippen MR) is 120 cm³/mol. The Hall–Kier alpha value is -2.89. The van der Waals surface area contributed by atoms with E-state index >= 15 is 0 Å². The van der Waals surface area contributed by atoms with Gasteiger partial charge in [-0.1, -0.05) is 51.1 Å². The van der Waals surface area contributed by atoms with Gasteiger partial charge < -0.3 is 15.0 Å². The molecular weight excluding hydrogens is 395 g/mol. The van der Waals surface area contributed by atoms with Crippen molar-refractivity contribution in [1.82, 2.24) is 10.2 Å². The Bertz CT molecular complexity index is 888. The lowest BCUT2D eigenvalue weighted by Gasteiger charge is -2.30. The van der Waals surface area contributed by atoms with Crippen LogP contribution in [0.4, 0.5) is 4.39 Å². The van der Waals surface area contributed by atoms with Crippen LogP contribution in [0.1, 0.15) is 52.7 Å². The van der Waals surface area contributed by atoms with Crippen LogP contribution in [0.15, 0.2) is 48.5 Å². The summed E-state index contributed by atoms with van der Waals surface area (Å²) in [6.07, 6.45) is 0. The van der Waals surface area contributed by atoms with Crippen molar-refractivity contribution in [3.05, 3.63) is 65.5 Å². The highest BCUT2D eigenvalue weighted by atomic mass is 19.1. The molecule has 0 spiro atoms. The molecule has 0 saturated heterocycles. The highest BCUT2D eigenvalue weighted by Crippen LogP contribution is 2.31. The van der Waals surface area contributed by atoms with Gasteiger partial charge in [0, 0.05) is 12.6 Å². The van der Waals surface area contributed by atoms with Gasteiger partial charge in [0.25, 0.3) is 5.91 Å². The summed E-state index contributed by atoms with van der Waals surface area (Å²) in [5, 5.41) is 2.84. The third-order valence-electron chi connectivity index (χ3n) is 4.91. The molecule has 0 aliphatic carbocycles. The van der Waals surface area contributed by atoms with E-state index in [4.69, 9.17) is 4.74 Å². The van der Waals surface area contributed by atoms with Gasteiger partial charge in [-0.3, -0.25) is 9.59 Å². The highest BCUT2D eigenvalue weighted by Gasteiger charge is 2.27. The van der Waals surface area contributed by atoms with Crippen molar-refractivity contribution in [1.29, 1.82) is 0 Å². The third-order valence-corrected chi connectivity index (χ3v) is 4.91. The number of halogens is 1. The average Bonchev–Trinajstić information content (AvgIpc) is 2.70. The van der Waals surface area contributed by atoms with Gasteiger partial charge in [-0.25, -0.2) is 4.39 Å². The molecule has 6 heteroatoms. The van der Waals surface area contributed by atoms with Crippen LogP contribution in [0.5, 0.6) is 5.75 Å². The van der Waals surface area contributed by atoms with Crippen LogP contribution in [0.25, 0.3) is 0 Å². The summed E-state index contributed by atoms with van der Waals surface area (Å²) in [7, 11) is 0. The van der Waals surface area contributed by atoms with Gasteiger partial charge in [0.2, 0.25) is 5.91 Å². The molecule has 0 unspecified atom stereocenters. The van der Waals surface area contributed by atoms with Gasteiger partial charge in [-0.05, 0) is 55.5 Å². The Labute approximate surface area is 184 Å². The number of carbonyl (C=O) groups excluding carboxylic acids is 2. The number of hydrogen-bond acceptors (Lipinski definition) is 3. The number of nitrogens with one attached hydrogen (secondary N) is 1. The SMILES string of the molecule is CC(C)NC(=O)[C@H](C)N(Cc1ccc(F)cc1)C(=O)COc1ccccc1C(C)(C)C. The van der Waals surface area contributed by atoms with Gasteiger partial charge in [-0.2, -0.15) is 0 Å². The molecule has 1 atom stereocenters. The molecule has 0 aromatic heterocycles. The number of para-hydroxylation sites is 1. The topological polar surface area (TPSA) is 58.6 Å². The van der Waals surface area contributed by atoms with E-state index in [1.807, 2.05) is 38.1 Å². The lowest BCUT2D eigenvalue weighted by molar-refractivity contribution is -0.142. The van der Waals surface area contributed by atoms with Crippen molar-refractivity contribution < 1.29 is 18.7 Å². The van der Waals surface area contributed by atoms with Crippen LogP contribution in [-0.2, 0) is 21.5 Å². The lowest BCUT2D eigenvalue weighted by atomic mass is 9.86. The molecule has 0 bridgehead atoms. The molecule has 0 saturated carbocycles. The minimum absolute atomic E-state index is 0.0485. The molecule has 0 heterocycles. The molecule has 2 aromatic rings. The fraction of sp³-hybridized carbons (Fsp3) is 0.440. The van der Waals surface area contributed by atoms with Gasteiger partial charge in [-0.15, -0.1) is 0 Å². The van der Waals surface area contributed by atoms with E-state index in [9.17, 15) is 14.0 Å². The number of benzene rings is 2. The second kappa shape index (κ2) is 10.4. The maximum absolute atomic E-state index is 13.3. The van der Waals surface area contributed by atoms with Crippen molar-refractivity contribution >= 4 is 11.8 Å². The second-order valence-electron chi connectivity index (χ2n) is 9.02. The first-order chi connectivity index (χ1) is 14.5. The normalized spacial score (nSPS) is 12.4. The van der Waals surface area contributed by atoms with Crippen molar-refractivity contribution in [3.63, 3.8) is 0 Å². The molecule has 0 fully saturated rings. The molecule has 0 radical (unpaired) electrons. The summed E-state index contributed by atoms with van der Waals surface area (Å²) in [5.74, 6) is -0.279. The zero-order valence-electron chi connectivity index (χ0n) is 19.2. The highest BCUT2D eigenvalue weighted by molar-refractivity contribution is 5.88. The number of amides is 2. The van der Waals surface area contributed by atoms with Crippen LogP contribution in [-0.4, -0.2) is 35.4 Å². The molecule has 1 N–H and O–H groups in total. The lowest BCUT2D eigenvalue weighted by Crippen LogP contribution is -2.50. The Morgan fingerprint density at radius 3 is 2.23 bits per heavy atom. The van der Waals surface area contributed by atoms with Crippen molar-refractivity contribution in [3.8, 4) is 5.75 Å². The summed E-state index contributed by atoms with van der Waals surface area (Å²) < 4.78 is 19.2. The van der Waals surface area contributed by atoms with Gasteiger partial charge in [0.1, 0.15) is 17.6 Å². The van der Waals surface area contributed by atoms with Crippen LogP contribution in [0.2, 0.25) is 0 Å². The van der Waals surface area contributed by atoms with Gasteiger partial charge in [0.15, 0.2) is 6.61 Å². The quantitative estimate of drug-likeness (QED) is 0.676. The first-order valence-electron chi connectivity index (χ1n) is 10.6. The minimum Gasteiger partial charge on any atom is -0.483 e. The van der Waals surface area contributed by atoms with E-state index in [1.54, 1.807) is 19.1 Å². The number of ether oxygens (including phenoxy) is 1. The fourth-order valence-corrected chi connectivity index (χ4v) is 3.21. The molecule has 0 aliphatic rings. The van der Waals surface area contributed by atoms with E-state index in [0.717, 1.165) is 11.1 Å². The number of rotatable bonds is 8. The molecule has 168 valence electrons. The van der Waals surface area contributed by atoms with E-state index < -0.39 is 6.04 Å². The van der Waals surface area contributed by atoms with E-state index in [1.165, 1.54) is 17.0 Å². The molecule has 5 nitrogen and oxygen atoms in total. The summed E-state index contributed by atoms with van der Waals surface area (Å²) in [5.41, 5.74) is 1.59. The molecule has 2 rings (SSSR count). The molecule has 0 aliphatic heterocycles. The first-order valence-corrected chi connectivity index (χ1v) is 10.6. The molecular formula is C25H33FN2O3. The number of nitrogens with zero attached hydrogens (tertiary/aromatic N) is 1. The molecule has 2 amide bonds. The van der Waals surface area contributed by atoms with Crippen molar-refractivity contribution in [2.24, 2.45) is 0 Å². The van der Waals surface area contributed by atoms with Gasteiger partial charge in [0.05, 0.1) is 0 Å². The van der Waals surface area contributed by atoms with Crippen molar-refractivity contribution in [2.45, 2.75) is 65.6 Å². The van der Waals surface area contributed by atoms with Gasteiger partial charge >= 0.3 is 0 Å². The predicted octanol–water partition coefficient (Wildman–Crippen LogP) is 4.44. The molecule has 31 heavy (non-hydrogen) atoms. The Balaban J connectivity index is 2.21. The third kappa shape index (κ3) is 7.09. The van der Waals surface area contributed by atoms with Crippen LogP contribution in [0.3, 0.4) is 0 Å². The Kier molecular flexibility index (Phi) is 8.20. The minimum atomic E-state index is -0.707. The van der Waals surface area contributed by atoms with E-state index in [-0.39, 0.29) is 42.2 Å². The number of hydrogen-bond donors (Lipinski definition) is 1. The van der Waals surface area contributed by atoms with Crippen LogP contribution >= 0.6 is 0 Å². The summed E-state index contributed by atoms with van der Waals surface area (Å²) in [4.78, 5) is 27.2. The number of carbonyl (C=O) groups is 2. The fourth-order valence-electron chi connectivity index (χ4n) is 3.21. The van der Waals surface area contributed by atoms with E-state index in [0.29, 0.717) is 5.75 Å². The first kappa shape index (κ1) is 24.4.